The molecule has 2 aromatic heterocycles. The number of ether oxygens (including phenoxy) is 3. The van der Waals surface area contributed by atoms with Gasteiger partial charge in [0.25, 0.3) is 5.91 Å². The molecule has 0 atom stereocenters. The highest BCUT2D eigenvalue weighted by molar-refractivity contribution is 5.85. The van der Waals surface area contributed by atoms with Gasteiger partial charge in [0.1, 0.15) is 5.82 Å². The maximum atomic E-state index is 13.5. The molecule has 1 saturated heterocycles. The molecule has 1 fully saturated rings. The minimum Gasteiger partial charge on any atom is -0.467 e. The van der Waals surface area contributed by atoms with Crippen LogP contribution in [0, 0.1) is 11.7 Å². The molecule has 10 heteroatoms. The highest BCUT2D eigenvalue weighted by atomic mass is 19.1. The van der Waals surface area contributed by atoms with Crippen LogP contribution in [0.15, 0.2) is 36.5 Å². The molecule has 1 aliphatic heterocycles. The zero-order valence-corrected chi connectivity index (χ0v) is 17.3. The molecular formula is C21H22FN5O4. The van der Waals surface area contributed by atoms with Gasteiger partial charge >= 0.3 is 11.8 Å². The third-order valence-corrected chi connectivity index (χ3v) is 4.87. The first-order valence-corrected chi connectivity index (χ1v) is 9.70. The average Bonchev–Trinajstić information content (AvgIpc) is 3.26. The molecule has 0 radical (unpaired) electrons. The van der Waals surface area contributed by atoms with Crippen molar-refractivity contribution in [3.63, 3.8) is 0 Å². The first-order chi connectivity index (χ1) is 15.0. The van der Waals surface area contributed by atoms with E-state index < -0.39 is 11.7 Å². The van der Waals surface area contributed by atoms with E-state index in [2.05, 4.69) is 25.3 Å². The smallest absolute Gasteiger partial charge is 0.316 e. The maximum absolute atomic E-state index is 13.5. The van der Waals surface area contributed by atoms with Gasteiger partial charge in [-0.1, -0.05) is 6.92 Å². The number of methoxy groups -OCH3 is 1. The normalized spacial score (nSPS) is 21.0. The topological polar surface area (TPSA) is 111 Å². The summed E-state index contributed by atoms with van der Waals surface area (Å²) in [6.07, 6.45) is 1.54. The Hall–Kier alpha value is -3.37. The van der Waals surface area contributed by atoms with Gasteiger partial charge in [-0.05, 0) is 30.3 Å². The Kier molecular flexibility index (Phi) is 5.66. The van der Waals surface area contributed by atoms with Crippen molar-refractivity contribution in [1.82, 2.24) is 25.3 Å². The van der Waals surface area contributed by atoms with Crippen molar-refractivity contribution in [3.8, 4) is 28.7 Å². The number of likely N-dealkylation sites (N-methyl/N-ethyl adjacent to an activating group) is 1. The zero-order chi connectivity index (χ0) is 22.0. The van der Waals surface area contributed by atoms with E-state index in [1.807, 2.05) is 6.92 Å². The van der Waals surface area contributed by atoms with Crippen molar-refractivity contribution in [2.75, 3.05) is 27.4 Å². The lowest BCUT2D eigenvalue weighted by atomic mass is 10.1. The summed E-state index contributed by atoms with van der Waals surface area (Å²) in [7, 11) is 2.96. The number of hydrogen-bond acceptors (Lipinski definition) is 7. The average molecular weight is 427 g/mol. The monoisotopic (exact) mass is 427 g/mol. The molecule has 0 saturated carbocycles. The predicted octanol–water partition coefficient (Wildman–Crippen LogP) is 2.26. The highest BCUT2D eigenvalue weighted by Gasteiger charge is 2.49. The number of amides is 1. The summed E-state index contributed by atoms with van der Waals surface area (Å²) in [5.74, 6) is -2.34. The molecule has 1 amide bonds. The fourth-order valence-corrected chi connectivity index (χ4v) is 3.26. The molecular weight excluding hydrogens is 405 g/mol. The summed E-state index contributed by atoms with van der Waals surface area (Å²) >= 11 is 0. The SMILES string of the molecule is CNC(=O)C1(c2nc(-c3ccc(F)cc3)c(-c3ccnc(OC)n3)[nH]2)OCC(C)CO1. The standard InChI is InChI=1S/C21H22FN5O4/c1-12-10-30-21(31-11-12,19(28)23-2)18-26-16(13-4-6-14(22)7-5-13)17(27-18)15-8-9-24-20(25-15)29-3/h4-9,12H,10-11H2,1-3H3,(H,23,28)(H,26,27). The van der Waals surface area contributed by atoms with E-state index in [1.165, 1.54) is 26.3 Å². The summed E-state index contributed by atoms with van der Waals surface area (Å²) < 4.78 is 30.4. The number of imidazole rings is 1. The van der Waals surface area contributed by atoms with Crippen LogP contribution in [0.2, 0.25) is 0 Å². The Balaban J connectivity index is 1.89. The fourth-order valence-electron chi connectivity index (χ4n) is 3.26. The Morgan fingerprint density at radius 2 is 1.94 bits per heavy atom. The highest BCUT2D eigenvalue weighted by Crippen LogP contribution is 2.36. The number of carbonyl (C=O) groups excluding carboxylic acids is 1. The maximum Gasteiger partial charge on any atom is 0.316 e. The fraction of sp³-hybridized carbons (Fsp3) is 0.333. The molecule has 4 rings (SSSR count). The van der Waals surface area contributed by atoms with Crippen molar-refractivity contribution in [2.24, 2.45) is 5.92 Å². The van der Waals surface area contributed by atoms with Crippen LogP contribution in [-0.4, -0.2) is 53.2 Å². The van der Waals surface area contributed by atoms with E-state index in [0.717, 1.165) is 0 Å². The van der Waals surface area contributed by atoms with Crippen molar-refractivity contribution in [3.05, 3.63) is 48.2 Å². The van der Waals surface area contributed by atoms with Gasteiger partial charge in [0.2, 0.25) is 0 Å². The Bertz CT molecular complexity index is 1080. The van der Waals surface area contributed by atoms with Crippen LogP contribution in [0.4, 0.5) is 4.39 Å². The van der Waals surface area contributed by atoms with Crippen LogP contribution in [0.3, 0.4) is 0 Å². The lowest BCUT2D eigenvalue weighted by molar-refractivity contribution is -0.277. The summed E-state index contributed by atoms with van der Waals surface area (Å²) in [4.78, 5) is 29.0. The third-order valence-electron chi connectivity index (χ3n) is 4.87. The second-order valence-corrected chi connectivity index (χ2v) is 7.17. The number of carbonyl (C=O) groups is 1. The van der Waals surface area contributed by atoms with Gasteiger partial charge in [-0.3, -0.25) is 4.79 Å². The molecule has 2 N–H and O–H groups in total. The number of benzene rings is 1. The van der Waals surface area contributed by atoms with Crippen molar-refractivity contribution in [1.29, 1.82) is 0 Å². The van der Waals surface area contributed by atoms with E-state index in [4.69, 9.17) is 14.2 Å². The van der Waals surface area contributed by atoms with E-state index in [9.17, 15) is 9.18 Å². The number of aromatic amines is 1. The summed E-state index contributed by atoms with van der Waals surface area (Å²) in [6, 6.07) is 7.68. The van der Waals surface area contributed by atoms with E-state index in [0.29, 0.717) is 35.9 Å². The molecule has 31 heavy (non-hydrogen) atoms. The first-order valence-electron chi connectivity index (χ1n) is 9.70. The van der Waals surface area contributed by atoms with Gasteiger partial charge in [0.05, 0.1) is 37.4 Å². The number of halogens is 1. The third kappa shape index (κ3) is 3.87. The van der Waals surface area contributed by atoms with Crippen molar-refractivity contribution < 1.29 is 23.4 Å². The molecule has 0 spiro atoms. The molecule has 1 aliphatic rings. The largest absolute Gasteiger partial charge is 0.467 e. The summed E-state index contributed by atoms with van der Waals surface area (Å²) in [6.45, 7) is 2.59. The van der Waals surface area contributed by atoms with Gasteiger partial charge < -0.3 is 24.5 Å². The first kappa shape index (κ1) is 20.9. The predicted molar refractivity (Wildman–Crippen MR) is 108 cm³/mol. The van der Waals surface area contributed by atoms with Crippen molar-refractivity contribution in [2.45, 2.75) is 12.7 Å². The molecule has 3 aromatic rings. The number of hydrogen-bond donors (Lipinski definition) is 2. The van der Waals surface area contributed by atoms with Gasteiger partial charge in [0.15, 0.2) is 5.82 Å². The van der Waals surface area contributed by atoms with Crippen LogP contribution in [0.5, 0.6) is 6.01 Å². The number of rotatable bonds is 5. The lowest BCUT2D eigenvalue weighted by Crippen LogP contribution is -2.52. The number of nitrogens with zero attached hydrogens (tertiary/aromatic N) is 3. The second-order valence-electron chi connectivity index (χ2n) is 7.17. The molecule has 0 bridgehead atoms. The van der Waals surface area contributed by atoms with Gasteiger partial charge in [-0.2, -0.15) is 4.98 Å². The zero-order valence-electron chi connectivity index (χ0n) is 17.3. The minimum absolute atomic E-state index is 0.120. The molecule has 3 heterocycles. The van der Waals surface area contributed by atoms with Gasteiger partial charge in [0, 0.05) is 24.7 Å². The number of aromatic nitrogens is 4. The minimum atomic E-state index is -1.74. The molecule has 162 valence electrons. The summed E-state index contributed by atoms with van der Waals surface area (Å²) in [5, 5.41) is 2.58. The molecule has 9 nitrogen and oxygen atoms in total. The summed E-state index contributed by atoms with van der Waals surface area (Å²) in [5.41, 5.74) is 2.02. The Labute approximate surface area is 178 Å². The molecule has 0 unspecified atom stereocenters. The Morgan fingerprint density at radius 1 is 1.23 bits per heavy atom. The van der Waals surface area contributed by atoms with Crippen LogP contribution >= 0.6 is 0 Å². The quantitative estimate of drug-likeness (QED) is 0.642. The van der Waals surface area contributed by atoms with E-state index in [1.54, 1.807) is 24.4 Å². The Morgan fingerprint density at radius 3 is 2.58 bits per heavy atom. The van der Waals surface area contributed by atoms with Crippen LogP contribution in [-0.2, 0) is 20.1 Å². The van der Waals surface area contributed by atoms with E-state index >= 15 is 0 Å². The lowest BCUT2D eigenvalue weighted by Gasteiger charge is -2.36. The van der Waals surface area contributed by atoms with Crippen LogP contribution in [0.25, 0.3) is 22.6 Å². The second kappa shape index (κ2) is 8.40. The number of nitrogens with one attached hydrogen (secondary N) is 2. The van der Waals surface area contributed by atoms with E-state index in [-0.39, 0.29) is 23.6 Å². The van der Waals surface area contributed by atoms with Crippen molar-refractivity contribution >= 4 is 5.91 Å². The molecule has 1 aromatic carbocycles. The van der Waals surface area contributed by atoms with Gasteiger partial charge in [-0.25, -0.2) is 14.4 Å². The molecule has 0 aliphatic carbocycles. The van der Waals surface area contributed by atoms with Gasteiger partial charge in [-0.15, -0.1) is 0 Å². The van der Waals surface area contributed by atoms with Crippen LogP contribution < -0.4 is 10.1 Å². The number of H-pyrrole nitrogens is 1. The van der Waals surface area contributed by atoms with Crippen LogP contribution in [0.1, 0.15) is 12.7 Å².